The van der Waals surface area contributed by atoms with Crippen LogP contribution in [0.3, 0.4) is 0 Å². The van der Waals surface area contributed by atoms with Gasteiger partial charge < -0.3 is 15.2 Å². The maximum atomic E-state index is 6.36. The standard InChI is InChI=1S/C17H21NO2/c1-19-15-6-5-12-3-2-4-13(16(12)10-15)9-17(18)14-7-8-20-11-14/h2-6,10,14,17H,7-9,11,18H2,1H3. The quantitative estimate of drug-likeness (QED) is 0.930. The van der Waals surface area contributed by atoms with E-state index in [1.54, 1.807) is 7.11 Å². The summed E-state index contributed by atoms with van der Waals surface area (Å²) in [5, 5.41) is 2.47. The predicted octanol–water partition coefficient (Wildman–Crippen LogP) is 2.75. The van der Waals surface area contributed by atoms with E-state index in [2.05, 4.69) is 30.3 Å². The molecule has 2 aromatic rings. The minimum atomic E-state index is 0.161. The molecule has 3 heteroatoms. The molecule has 2 N–H and O–H groups in total. The minimum Gasteiger partial charge on any atom is -0.497 e. The molecule has 106 valence electrons. The first-order chi connectivity index (χ1) is 9.78. The summed E-state index contributed by atoms with van der Waals surface area (Å²) in [6, 6.07) is 12.7. The molecule has 0 aliphatic carbocycles. The van der Waals surface area contributed by atoms with Gasteiger partial charge in [-0.1, -0.05) is 24.3 Å². The van der Waals surface area contributed by atoms with E-state index in [0.717, 1.165) is 31.8 Å². The van der Waals surface area contributed by atoms with Crippen LogP contribution < -0.4 is 10.5 Å². The van der Waals surface area contributed by atoms with Gasteiger partial charge in [-0.15, -0.1) is 0 Å². The molecule has 0 spiro atoms. The van der Waals surface area contributed by atoms with Gasteiger partial charge in [0.15, 0.2) is 0 Å². The number of nitrogens with two attached hydrogens (primary N) is 1. The van der Waals surface area contributed by atoms with E-state index in [9.17, 15) is 0 Å². The first kappa shape index (κ1) is 13.4. The SMILES string of the molecule is COc1ccc2cccc(CC(N)C3CCOC3)c2c1. The van der Waals surface area contributed by atoms with Crippen molar-refractivity contribution in [3.63, 3.8) is 0 Å². The van der Waals surface area contributed by atoms with Crippen molar-refractivity contribution in [2.45, 2.75) is 18.9 Å². The molecule has 1 aliphatic rings. The van der Waals surface area contributed by atoms with E-state index in [1.807, 2.05) is 6.07 Å². The maximum Gasteiger partial charge on any atom is 0.119 e. The Balaban J connectivity index is 1.89. The Morgan fingerprint density at radius 1 is 1.35 bits per heavy atom. The van der Waals surface area contributed by atoms with Gasteiger partial charge in [0.1, 0.15) is 5.75 Å². The topological polar surface area (TPSA) is 44.5 Å². The second kappa shape index (κ2) is 5.81. The summed E-state index contributed by atoms with van der Waals surface area (Å²) in [4.78, 5) is 0. The van der Waals surface area contributed by atoms with Gasteiger partial charge in [0.25, 0.3) is 0 Å². The van der Waals surface area contributed by atoms with Crippen molar-refractivity contribution >= 4 is 10.8 Å². The zero-order valence-electron chi connectivity index (χ0n) is 11.8. The van der Waals surface area contributed by atoms with Crippen LogP contribution in [0.5, 0.6) is 5.75 Å². The highest BCUT2D eigenvalue weighted by Crippen LogP contribution is 2.26. The van der Waals surface area contributed by atoms with Gasteiger partial charge in [-0.05, 0) is 47.2 Å². The fraction of sp³-hybridized carbons (Fsp3) is 0.412. The van der Waals surface area contributed by atoms with Crippen molar-refractivity contribution in [3.05, 3.63) is 42.0 Å². The summed E-state index contributed by atoms with van der Waals surface area (Å²) in [7, 11) is 1.70. The molecule has 0 radical (unpaired) electrons. The van der Waals surface area contributed by atoms with Crippen LogP contribution >= 0.6 is 0 Å². The van der Waals surface area contributed by atoms with Gasteiger partial charge in [-0.2, -0.15) is 0 Å². The molecule has 0 saturated carbocycles. The van der Waals surface area contributed by atoms with Crippen LogP contribution in [-0.2, 0) is 11.2 Å². The molecule has 0 aromatic heterocycles. The van der Waals surface area contributed by atoms with Crippen molar-refractivity contribution in [3.8, 4) is 5.75 Å². The highest BCUT2D eigenvalue weighted by atomic mass is 16.5. The molecule has 2 unspecified atom stereocenters. The van der Waals surface area contributed by atoms with E-state index in [0.29, 0.717) is 5.92 Å². The Bertz CT molecular complexity index is 591. The summed E-state index contributed by atoms with van der Waals surface area (Å²) >= 11 is 0. The van der Waals surface area contributed by atoms with Gasteiger partial charge in [0, 0.05) is 12.6 Å². The number of hydrogen-bond donors (Lipinski definition) is 1. The Morgan fingerprint density at radius 2 is 2.25 bits per heavy atom. The molecular weight excluding hydrogens is 250 g/mol. The fourth-order valence-corrected chi connectivity index (χ4v) is 2.93. The lowest BCUT2D eigenvalue weighted by molar-refractivity contribution is 0.180. The number of methoxy groups -OCH3 is 1. The normalized spacial score (nSPS) is 20.2. The minimum absolute atomic E-state index is 0.161. The Kier molecular flexibility index (Phi) is 3.90. The van der Waals surface area contributed by atoms with Crippen molar-refractivity contribution in [2.75, 3.05) is 20.3 Å². The molecule has 0 bridgehead atoms. The number of benzene rings is 2. The van der Waals surface area contributed by atoms with Gasteiger partial charge in [-0.3, -0.25) is 0 Å². The van der Waals surface area contributed by atoms with Crippen LogP contribution in [0.4, 0.5) is 0 Å². The molecule has 2 atom stereocenters. The lowest BCUT2D eigenvalue weighted by Gasteiger charge is -2.18. The molecule has 0 amide bonds. The monoisotopic (exact) mass is 271 g/mol. The highest BCUT2D eigenvalue weighted by molar-refractivity contribution is 5.87. The molecule has 1 fully saturated rings. The average Bonchev–Trinajstić information content (AvgIpc) is 3.01. The second-order valence-corrected chi connectivity index (χ2v) is 5.50. The number of hydrogen-bond acceptors (Lipinski definition) is 3. The fourth-order valence-electron chi connectivity index (χ4n) is 2.93. The lowest BCUT2D eigenvalue weighted by atomic mass is 9.91. The van der Waals surface area contributed by atoms with Gasteiger partial charge in [0.2, 0.25) is 0 Å². The molecule has 3 rings (SSSR count). The number of rotatable bonds is 4. The third-order valence-corrected chi connectivity index (χ3v) is 4.21. The molecular formula is C17H21NO2. The average molecular weight is 271 g/mol. The summed E-state index contributed by atoms with van der Waals surface area (Å²) in [5.74, 6) is 1.37. The Hall–Kier alpha value is -1.58. The van der Waals surface area contributed by atoms with E-state index in [4.69, 9.17) is 15.2 Å². The number of ether oxygens (including phenoxy) is 2. The molecule has 1 saturated heterocycles. The van der Waals surface area contributed by atoms with E-state index < -0.39 is 0 Å². The second-order valence-electron chi connectivity index (χ2n) is 5.50. The third kappa shape index (κ3) is 2.65. The van der Waals surface area contributed by atoms with Crippen LogP contribution in [0.15, 0.2) is 36.4 Å². The molecule has 1 aliphatic heterocycles. The van der Waals surface area contributed by atoms with Gasteiger partial charge in [-0.25, -0.2) is 0 Å². The molecule has 3 nitrogen and oxygen atoms in total. The van der Waals surface area contributed by atoms with E-state index >= 15 is 0 Å². The lowest BCUT2D eigenvalue weighted by Crippen LogP contribution is -2.32. The Morgan fingerprint density at radius 3 is 3.00 bits per heavy atom. The summed E-state index contributed by atoms with van der Waals surface area (Å²) < 4.78 is 10.8. The highest BCUT2D eigenvalue weighted by Gasteiger charge is 2.23. The molecule has 20 heavy (non-hydrogen) atoms. The van der Waals surface area contributed by atoms with Gasteiger partial charge in [0.05, 0.1) is 13.7 Å². The Labute approximate surface area is 119 Å². The summed E-state index contributed by atoms with van der Waals surface area (Å²) in [6.45, 7) is 1.65. The zero-order chi connectivity index (χ0) is 13.9. The van der Waals surface area contributed by atoms with Crippen LogP contribution in [0.2, 0.25) is 0 Å². The van der Waals surface area contributed by atoms with Crippen LogP contribution in [0.25, 0.3) is 10.8 Å². The van der Waals surface area contributed by atoms with Crippen molar-refractivity contribution in [1.29, 1.82) is 0 Å². The summed E-state index contributed by atoms with van der Waals surface area (Å²) in [6.07, 6.45) is 1.97. The van der Waals surface area contributed by atoms with E-state index in [-0.39, 0.29) is 6.04 Å². The predicted molar refractivity (Wildman–Crippen MR) is 81.1 cm³/mol. The smallest absolute Gasteiger partial charge is 0.119 e. The van der Waals surface area contributed by atoms with Gasteiger partial charge >= 0.3 is 0 Å². The van der Waals surface area contributed by atoms with Crippen molar-refractivity contribution in [1.82, 2.24) is 0 Å². The first-order valence-electron chi connectivity index (χ1n) is 7.17. The summed E-state index contributed by atoms with van der Waals surface area (Å²) in [5.41, 5.74) is 7.65. The van der Waals surface area contributed by atoms with Crippen LogP contribution in [0.1, 0.15) is 12.0 Å². The zero-order valence-corrected chi connectivity index (χ0v) is 11.8. The molecule has 2 aromatic carbocycles. The van der Waals surface area contributed by atoms with Crippen molar-refractivity contribution < 1.29 is 9.47 Å². The molecule has 1 heterocycles. The van der Waals surface area contributed by atoms with Crippen LogP contribution in [0, 0.1) is 5.92 Å². The largest absolute Gasteiger partial charge is 0.497 e. The maximum absolute atomic E-state index is 6.36. The van der Waals surface area contributed by atoms with E-state index in [1.165, 1.54) is 16.3 Å². The van der Waals surface area contributed by atoms with Crippen LogP contribution in [-0.4, -0.2) is 26.4 Å². The number of fused-ring (bicyclic) bond motifs is 1. The van der Waals surface area contributed by atoms with Crippen molar-refractivity contribution in [2.24, 2.45) is 11.7 Å². The first-order valence-corrected chi connectivity index (χ1v) is 7.17. The third-order valence-electron chi connectivity index (χ3n) is 4.21.